The number of hydrogen-bond donors (Lipinski definition) is 0. The van der Waals surface area contributed by atoms with Crippen molar-refractivity contribution in [2.24, 2.45) is 0 Å². The second-order valence-corrected chi connectivity index (χ2v) is 6.68. The molecule has 0 amide bonds. The van der Waals surface area contributed by atoms with E-state index in [9.17, 15) is 9.65 Å². The average Bonchev–Trinajstić information content (AvgIpc) is 2.77. The van der Waals surface area contributed by atoms with E-state index in [1.165, 1.54) is 12.1 Å². The number of hydrogen-bond acceptors (Lipinski definition) is 2. The first-order valence-corrected chi connectivity index (χ1v) is 9.30. The molecule has 0 saturated carbocycles. The number of nitrogens with zero attached hydrogens (tertiary/aromatic N) is 1. The molecule has 0 radical (unpaired) electrons. The Morgan fingerprint density at radius 2 is 1.59 bits per heavy atom. The van der Waals surface area contributed by atoms with Gasteiger partial charge in [-0.3, -0.25) is 0 Å². The van der Waals surface area contributed by atoms with Crippen molar-refractivity contribution in [3.63, 3.8) is 0 Å². The van der Waals surface area contributed by atoms with Crippen molar-refractivity contribution in [3.8, 4) is 11.8 Å². The van der Waals surface area contributed by atoms with Crippen LogP contribution in [0.3, 0.4) is 0 Å². The number of rotatable bonds is 5. The molecule has 3 heteroatoms. The van der Waals surface area contributed by atoms with Gasteiger partial charge in [-0.1, -0.05) is 66.7 Å². The standard InChI is InChI=1S/C26H18FNO/c27-23-12-8-20(9-13-23)18-29-24-14-10-19(11-15-24)16-22(17-28)26-7-3-5-21-4-1-2-6-25(21)26/h1-16H,18H2/b22-16+. The minimum Gasteiger partial charge on any atom is -0.489 e. The Hall–Kier alpha value is -3.90. The van der Waals surface area contributed by atoms with Crippen molar-refractivity contribution in [3.05, 3.63) is 114 Å². The maximum Gasteiger partial charge on any atom is 0.123 e. The van der Waals surface area contributed by atoms with Gasteiger partial charge in [-0.05, 0) is 52.2 Å². The molecule has 0 aliphatic rings. The van der Waals surface area contributed by atoms with E-state index in [2.05, 4.69) is 6.07 Å². The molecule has 0 bridgehead atoms. The van der Waals surface area contributed by atoms with Crippen LogP contribution in [0.2, 0.25) is 0 Å². The first kappa shape index (κ1) is 18.5. The van der Waals surface area contributed by atoms with Crippen LogP contribution in [-0.4, -0.2) is 0 Å². The van der Waals surface area contributed by atoms with E-state index >= 15 is 0 Å². The third-order valence-electron chi connectivity index (χ3n) is 4.71. The van der Waals surface area contributed by atoms with E-state index in [-0.39, 0.29) is 5.82 Å². The number of ether oxygens (including phenoxy) is 1. The second-order valence-electron chi connectivity index (χ2n) is 6.68. The van der Waals surface area contributed by atoms with Crippen LogP contribution in [0.25, 0.3) is 22.4 Å². The van der Waals surface area contributed by atoms with Crippen LogP contribution in [0.5, 0.6) is 5.75 Å². The predicted molar refractivity (Wildman–Crippen MR) is 115 cm³/mol. The first-order chi connectivity index (χ1) is 14.2. The Bertz CT molecular complexity index is 1200. The predicted octanol–water partition coefficient (Wildman–Crippen LogP) is 6.62. The first-order valence-electron chi connectivity index (χ1n) is 9.30. The van der Waals surface area contributed by atoms with Gasteiger partial charge in [-0.15, -0.1) is 0 Å². The highest BCUT2D eigenvalue weighted by atomic mass is 19.1. The zero-order valence-electron chi connectivity index (χ0n) is 15.7. The number of fused-ring (bicyclic) bond motifs is 1. The van der Waals surface area contributed by atoms with E-state index in [1.807, 2.05) is 72.8 Å². The van der Waals surface area contributed by atoms with Gasteiger partial charge in [-0.2, -0.15) is 5.26 Å². The maximum atomic E-state index is 13.0. The van der Waals surface area contributed by atoms with Gasteiger partial charge >= 0.3 is 0 Å². The minimum atomic E-state index is -0.260. The molecular weight excluding hydrogens is 361 g/mol. The normalized spacial score (nSPS) is 11.2. The molecule has 0 aliphatic heterocycles. The average molecular weight is 379 g/mol. The molecule has 0 N–H and O–H groups in total. The van der Waals surface area contributed by atoms with E-state index in [1.54, 1.807) is 12.1 Å². The van der Waals surface area contributed by atoms with Gasteiger partial charge in [0.05, 0.1) is 11.6 Å². The molecule has 0 atom stereocenters. The molecule has 0 saturated heterocycles. The van der Waals surface area contributed by atoms with Gasteiger partial charge in [-0.25, -0.2) is 4.39 Å². The summed E-state index contributed by atoms with van der Waals surface area (Å²) < 4.78 is 18.7. The molecule has 0 aliphatic carbocycles. The molecule has 4 rings (SSSR count). The molecule has 29 heavy (non-hydrogen) atoms. The van der Waals surface area contributed by atoms with Crippen LogP contribution < -0.4 is 4.74 Å². The van der Waals surface area contributed by atoms with Crippen molar-refractivity contribution in [1.29, 1.82) is 5.26 Å². The number of nitriles is 1. The highest BCUT2D eigenvalue weighted by Gasteiger charge is 2.06. The summed E-state index contributed by atoms with van der Waals surface area (Å²) in [5.41, 5.74) is 3.35. The fraction of sp³-hybridized carbons (Fsp3) is 0.0385. The van der Waals surface area contributed by atoms with Crippen molar-refractivity contribution in [2.75, 3.05) is 0 Å². The summed E-state index contributed by atoms with van der Waals surface area (Å²) in [4.78, 5) is 0. The third kappa shape index (κ3) is 4.34. The van der Waals surface area contributed by atoms with Crippen molar-refractivity contribution in [1.82, 2.24) is 0 Å². The number of benzene rings is 4. The maximum absolute atomic E-state index is 13.0. The van der Waals surface area contributed by atoms with E-state index < -0.39 is 0 Å². The van der Waals surface area contributed by atoms with Gasteiger partial charge in [0.2, 0.25) is 0 Å². The summed E-state index contributed by atoms with van der Waals surface area (Å²) in [7, 11) is 0. The zero-order valence-corrected chi connectivity index (χ0v) is 15.7. The largest absolute Gasteiger partial charge is 0.489 e. The molecule has 140 valence electrons. The lowest BCUT2D eigenvalue weighted by molar-refractivity contribution is 0.306. The summed E-state index contributed by atoms with van der Waals surface area (Å²) >= 11 is 0. The summed E-state index contributed by atoms with van der Waals surface area (Å²) in [6.07, 6.45) is 1.88. The summed E-state index contributed by atoms with van der Waals surface area (Å²) in [6, 6.07) is 30.2. The molecule has 2 nitrogen and oxygen atoms in total. The fourth-order valence-electron chi connectivity index (χ4n) is 3.20. The molecule has 0 aromatic heterocycles. The number of allylic oxidation sites excluding steroid dienone is 1. The summed E-state index contributed by atoms with van der Waals surface area (Å²) in [5, 5.41) is 11.9. The van der Waals surface area contributed by atoms with Crippen LogP contribution in [-0.2, 0) is 6.61 Å². The van der Waals surface area contributed by atoms with E-state index in [4.69, 9.17) is 4.74 Å². The van der Waals surface area contributed by atoms with Crippen LogP contribution in [0.15, 0.2) is 91.0 Å². The number of halogens is 1. The summed E-state index contributed by atoms with van der Waals surface area (Å²) in [6.45, 7) is 0.370. The fourth-order valence-corrected chi connectivity index (χ4v) is 3.20. The summed E-state index contributed by atoms with van der Waals surface area (Å²) in [5.74, 6) is 0.458. The lowest BCUT2D eigenvalue weighted by atomic mass is 9.97. The Balaban J connectivity index is 1.54. The van der Waals surface area contributed by atoms with Gasteiger partial charge < -0.3 is 4.74 Å². The molecule has 0 fully saturated rings. The van der Waals surface area contributed by atoms with Gasteiger partial charge in [0.15, 0.2) is 0 Å². The van der Waals surface area contributed by atoms with Gasteiger partial charge in [0.1, 0.15) is 18.2 Å². The lowest BCUT2D eigenvalue weighted by Crippen LogP contribution is -1.95. The van der Waals surface area contributed by atoms with Crippen LogP contribution in [0, 0.1) is 17.1 Å². The Morgan fingerprint density at radius 1 is 0.862 bits per heavy atom. The Kier molecular flexibility index (Phi) is 5.36. The van der Waals surface area contributed by atoms with Gasteiger partial charge in [0.25, 0.3) is 0 Å². The lowest BCUT2D eigenvalue weighted by Gasteiger charge is -2.08. The van der Waals surface area contributed by atoms with E-state index in [0.29, 0.717) is 12.2 Å². The molecule has 0 spiro atoms. The molecule has 0 heterocycles. The Labute approximate surface area is 169 Å². The van der Waals surface area contributed by atoms with Crippen molar-refractivity contribution in [2.45, 2.75) is 6.61 Å². The molecule has 4 aromatic rings. The molecular formula is C26H18FNO. The van der Waals surface area contributed by atoms with E-state index in [0.717, 1.165) is 33.2 Å². The Morgan fingerprint density at radius 3 is 2.34 bits per heavy atom. The molecule has 4 aromatic carbocycles. The monoisotopic (exact) mass is 379 g/mol. The quantitative estimate of drug-likeness (QED) is 0.288. The van der Waals surface area contributed by atoms with Crippen molar-refractivity contribution >= 4 is 22.4 Å². The highest BCUT2D eigenvalue weighted by Crippen LogP contribution is 2.27. The SMILES string of the molecule is N#C/C(=C\c1ccc(OCc2ccc(F)cc2)cc1)c1cccc2ccccc12. The zero-order chi connectivity index (χ0) is 20.1. The van der Waals surface area contributed by atoms with Crippen molar-refractivity contribution < 1.29 is 9.13 Å². The smallest absolute Gasteiger partial charge is 0.123 e. The van der Waals surface area contributed by atoms with Crippen LogP contribution >= 0.6 is 0 Å². The highest BCUT2D eigenvalue weighted by molar-refractivity contribution is 6.01. The minimum absolute atomic E-state index is 0.260. The molecule has 0 unspecified atom stereocenters. The third-order valence-corrected chi connectivity index (χ3v) is 4.71. The van der Waals surface area contributed by atoms with Crippen LogP contribution in [0.4, 0.5) is 4.39 Å². The van der Waals surface area contributed by atoms with Gasteiger partial charge in [0, 0.05) is 5.56 Å². The topological polar surface area (TPSA) is 33.0 Å². The van der Waals surface area contributed by atoms with Crippen LogP contribution in [0.1, 0.15) is 16.7 Å². The second kappa shape index (κ2) is 8.41.